The van der Waals surface area contributed by atoms with Crippen molar-refractivity contribution in [3.05, 3.63) is 90.5 Å². The van der Waals surface area contributed by atoms with E-state index in [9.17, 15) is 43.2 Å². The van der Waals surface area contributed by atoms with Crippen LogP contribution in [0.25, 0.3) is 41.6 Å². The highest BCUT2D eigenvalue weighted by atomic mass is 32.1. The lowest BCUT2D eigenvalue weighted by atomic mass is 9.90. The Bertz CT molecular complexity index is 3510. The average Bonchev–Trinajstić information content (AvgIpc) is 2.72. The van der Waals surface area contributed by atoms with Crippen molar-refractivity contribution in [2.45, 2.75) is 123 Å². The van der Waals surface area contributed by atoms with Crippen LogP contribution in [-0.2, 0) is 59.0 Å². The first kappa shape index (κ1) is 68.0. The number of methoxy groups -OCH3 is 3. The van der Waals surface area contributed by atoms with Gasteiger partial charge >= 0.3 is 24.0 Å². The largest absolute Gasteiger partial charge is 0.480 e. The van der Waals surface area contributed by atoms with Gasteiger partial charge in [0, 0.05) is 54.2 Å². The molecule has 4 aromatic carbocycles. The number of rotatable bonds is 19. The first-order chi connectivity index (χ1) is 42.4. The molecule has 0 saturated carbocycles. The van der Waals surface area contributed by atoms with Gasteiger partial charge in [0.15, 0.2) is 5.78 Å². The number of ketones is 1. The van der Waals surface area contributed by atoms with E-state index in [-0.39, 0.29) is 66.4 Å². The zero-order valence-electron chi connectivity index (χ0n) is 51.8. The lowest BCUT2D eigenvalue weighted by molar-refractivity contribution is -0.153. The summed E-state index contributed by atoms with van der Waals surface area (Å²) >= 11 is 3.14. The van der Waals surface area contributed by atoms with Gasteiger partial charge < -0.3 is 56.1 Å². The van der Waals surface area contributed by atoms with E-state index in [1.807, 2.05) is 114 Å². The molecule has 6 atom stereocenters. The first-order valence-electron chi connectivity index (χ1n) is 29.9. The number of aromatic nitrogens is 2. The number of amides is 5. The number of Topliss-reactive ketones (excluding diaryl/α,β-unsaturated/α-hetero) is 1. The van der Waals surface area contributed by atoms with E-state index in [4.69, 9.17) is 26.3 Å². The summed E-state index contributed by atoms with van der Waals surface area (Å²) < 4.78 is 16.1. The molecule has 476 valence electrons. The molecule has 2 aromatic heterocycles. The van der Waals surface area contributed by atoms with Crippen molar-refractivity contribution in [2.24, 2.45) is 29.6 Å². The Morgan fingerprint density at radius 1 is 0.573 bits per heavy atom. The summed E-state index contributed by atoms with van der Waals surface area (Å²) in [5.41, 5.74) is 18.1. The Morgan fingerprint density at radius 2 is 1.03 bits per heavy atom. The summed E-state index contributed by atoms with van der Waals surface area (Å²) in [5, 5.41) is 16.4. The molecule has 6 aromatic rings. The Kier molecular flexibility index (Phi) is 23.8. The number of carboxylic acids is 1. The van der Waals surface area contributed by atoms with Crippen LogP contribution in [-0.4, -0.2) is 148 Å². The lowest BCUT2D eigenvalue weighted by Crippen LogP contribution is -2.54. The molecule has 3 saturated heterocycles. The van der Waals surface area contributed by atoms with Gasteiger partial charge in [-0.15, -0.1) is 22.7 Å². The summed E-state index contributed by atoms with van der Waals surface area (Å²) in [4.78, 5) is 126. The van der Waals surface area contributed by atoms with Crippen LogP contribution in [0.3, 0.4) is 0 Å². The molecule has 3 fully saturated rings. The van der Waals surface area contributed by atoms with Crippen LogP contribution in [0.15, 0.2) is 84.9 Å². The van der Waals surface area contributed by atoms with Crippen LogP contribution >= 0.6 is 22.7 Å². The van der Waals surface area contributed by atoms with Gasteiger partial charge in [-0.2, -0.15) is 0 Å². The number of esters is 2. The predicted molar refractivity (Wildman–Crippen MR) is 342 cm³/mol. The van der Waals surface area contributed by atoms with Crippen molar-refractivity contribution >= 4 is 114 Å². The molecule has 0 unspecified atom stereocenters. The molecule has 22 nitrogen and oxygen atoms in total. The van der Waals surface area contributed by atoms with Gasteiger partial charge in [-0.05, 0) is 141 Å². The van der Waals surface area contributed by atoms with Crippen molar-refractivity contribution in [1.29, 1.82) is 0 Å². The summed E-state index contributed by atoms with van der Waals surface area (Å²) in [5.74, 6) is -4.30. The standard InChI is InChI=1S/C39H49N5O8S.C13H11N3S.C13H21NO5/c1-22(2)27(21-33(46)51-5)37(48)43-17-7-9-29(43)31(45)19-24-11-16-28-32(20-24)53-36(41-28)25-12-14-26(15-13-25)40-35(47)30-10-8-18-44(30)38(49)34(23(3)4)42-39(50)52-6;14-9-3-1-8(2-4-9)13-16-11-6-5-10(15)7-12(11)17-13;1-8(2)9(7-11(15)19-3)12(16)14-6-4-5-10(14)13(17)18/h11-16,20,22-23,27,29-30,34H,7-10,17-19,21H2,1-6H3,(H,40,47)(H,42,50);1-7H,14-15H2;8-10H,4-7H2,1-3H3,(H,17,18)/t27-,29-,30-,34-;;9-,10-/m0.0/s1. The quantitative estimate of drug-likeness (QED) is 0.0286. The maximum absolute atomic E-state index is 13.5. The molecular formula is C65H81N9O13S2. The number of thiazole rings is 2. The number of nitrogens with zero attached hydrogens (tertiary/aromatic N) is 5. The SMILES string of the molecule is COC(=O)C[C@H](C(=O)N1CCC[C@H]1C(=O)Cc1ccc2nc(-c3ccc(NC(=O)[C@@H]4CCCN4C(=O)[C@@H](NC(=O)OC)C(C)C)cc3)sc2c1)C(C)C.COC(=O)C[C@H](C(=O)N1CCC[C@H]1C(=O)O)C(C)C.Nc1ccc(-c2nc3ccc(N)cc3s2)cc1. The summed E-state index contributed by atoms with van der Waals surface area (Å²) in [6, 6.07) is 23.9. The number of hydrogen-bond acceptors (Lipinski definition) is 18. The molecule has 0 radical (unpaired) electrons. The Hall–Kier alpha value is -8.51. The number of nitrogen functional groups attached to an aromatic ring is 2. The average molecular weight is 1260 g/mol. The fraction of sp³-hybridized carbons (Fsp3) is 0.462. The number of benzene rings is 4. The number of likely N-dealkylation sites (tertiary alicyclic amines) is 3. The highest BCUT2D eigenvalue weighted by Gasteiger charge is 2.42. The van der Waals surface area contributed by atoms with E-state index in [2.05, 4.69) is 25.1 Å². The van der Waals surface area contributed by atoms with Gasteiger partial charge in [-0.3, -0.25) is 33.6 Å². The number of aliphatic carboxylic acids is 1. The van der Waals surface area contributed by atoms with Crippen LogP contribution in [0.4, 0.5) is 21.9 Å². The number of fused-ring (bicyclic) bond motifs is 2. The molecule has 0 spiro atoms. The topological polar surface area (TPSA) is 313 Å². The fourth-order valence-corrected chi connectivity index (χ4v) is 13.2. The first-order valence-corrected chi connectivity index (χ1v) is 31.5. The number of carboxylic acid groups (broad SMARTS) is 1. The van der Waals surface area contributed by atoms with Crippen LogP contribution < -0.4 is 22.1 Å². The molecule has 5 heterocycles. The maximum atomic E-state index is 13.5. The normalized spacial score (nSPS) is 17.3. The molecule has 89 heavy (non-hydrogen) atoms. The van der Waals surface area contributed by atoms with Crippen LogP contribution in [0.5, 0.6) is 0 Å². The number of alkyl carbamates (subject to hydrolysis) is 1. The second-order valence-electron chi connectivity index (χ2n) is 23.4. The third-order valence-corrected chi connectivity index (χ3v) is 18.4. The van der Waals surface area contributed by atoms with Gasteiger partial charge in [0.2, 0.25) is 23.6 Å². The molecule has 24 heteroatoms. The van der Waals surface area contributed by atoms with E-state index in [1.165, 1.54) is 42.5 Å². The molecule has 3 aliphatic heterocycles. The highest BCUT2D eigenvalue weighted by molar-refractivity contribution is 7.22. The molecule has 0 aliphatic carbocycles. The Balaban J connectivity index is 0.000000252. The van der Waals surface area contributed by atoms with E-state index in [1.54, 1.807) is 28.4 Å². The second-order valence-corrected chi connectivity index (χ2v) is 25.5. The zero-order valence-corrected chi connectivity index (χ0v) is 53.5. The molecule has 5 amide bonds. The van der Waals surface area contributed by atoms with Gasteiger partial charge in [0.1, 0.15) is 28.1 Å². The van der Waals surface area contributed by atoms with Crippen molar-refractivity contribution in [1.82, 2.24) is 30.0 Å². The second kappa shape index (κ2) is 31.1. The number of carbonyl (C=O) groups is 9. The monoisotopic (exact) mass is 1260 g/mol. The zero-order chi connectivity index (χ0) is 64.8. The van der Waals surface area contributed by atoms with E-state index < -0.39 is 60.0 Å². The minimum Gasteiger partial charge on any atom is -0.480 e. The molecule has 9 rings (SSSR count). The van der Waals surface area contributed by atoms with Crippen molar-refractivity contribution < 1.29 is 62.5 Å². The predicted octanol–water partition coefficient (Wildman–Crippen LogP) is 9.24. The summed E-state index contributed by atoms with van der Waals surface area (Å²) in [6.45, 7) is 12.5. The van der Waals surface area contributed by atoms with Crippen LogP contribution in [0.1, 0.15) is 98.5 Å². The van der Waals surface area contributed by atoms with Gasteiger partial charge in [-0.25, -0.2) is 19.6 Å². The minimum atomic E-state index is -0.980. The summed E-state index contributed by atoms with van der Waals surface area (Å²) in [6.07, 6.45) is 3.16. The number of hydrogen-bond donors (Lipinski definition) is 5. The van der Waals surface area contributed by atoms with Gasteiger partial charge in [0.05, 0.1) is 72.5 Å². The maximum Gasteiger partial charge on any atom is 0.407 e. The highest BCUT2D eigenvalue weighted by Crippen LogP contribution is 2.35. The van der Waals surface area contributed by atoms with Crippen LogP contribution in [0, 0.1) is 29.6 Å². The number of ether oxygens (including phenoxy) is 3. The van der Waals surface area contributed by atoms with Crippen molar-refractivity contribution in [2.75, 3.05) is 57.7 Å². The minimum absolute atomic E-state index is 0.00413. The van der Waals surface area contributed by atoms with E-state index >= 15 is 0 Å². The number of nitrogens with one attached hydrogen (secondary N) is 2. The van der Waals surface area contributed by atoms with Crippen molar-refractivity contribution in [3.8, 4) is 21.1 Å². The summed E-state index contributed by atoms with van der Waals surface area (Å²) in [7, 11) is 3.83. The van der Waals surface area contributed by atoms with E-state index in [0.29, 0.717) is 57.4 Å². The Labute approximate surface area is 526 Å². The van der Waals surface area contributed by atoms with E-state index in [0.717, 1.165) is 64.9 Å². The van der Waals surface area contributed by atoms with Gasteiger partial charge in [-0.1, -0.05) is 47.6 Å². The lowest BCUT2D eigenvalue weighted by Gasteiger charge is -2.30. The fourth-order valence-electron chi connectivity index (χ4n) is 11.1. The van der Waals surface area contributed by atoms with Crippen LogP contribution in [0.2, 0.25) is 0 Å². The Morgan fingerprint density at radius 3 is 1.53 bits per heavy atom. The molecule has 0 bridgehead atoms. The molecule has 3 aliphatic rings. The third kappa shape index (κ3) is 17.4. The number of nitrogens with two attached hydrogens (primary N) is 2. The smallest absolute Gasteiger partial charge is 0.407 e. The number of anilines is 3. The number of carbonyl (C=O) groups excluding carboxylic acids is 8. The van der Waals surface area contributed by atoms with Gasteiger partial charge in [0.25, 0.3) is 0 Å². The van der Waals surface area contributed by atoms with Crippen molar-refractivity contribution in [3.63, 3.8) is 0 Å². The third-order valence-electron chi connectivity index (χ3n) is 16.2. The molecule has 7 N–H and O–H groups in total. The molecular weight excluding hydrogens is 1180 g/mol.